The molecule has 1 aromatic carbocycles. The average Bonchev–Trinajstić information content (AvgIpc) is 2.99. The van der Waals surface area contributed by atoms with E-state index in [4.69, 9.17) is 4.52 Å². The van der Waals surface area contributed by atoms with Gasteiger partial charge in [-0.1, -0.05) is 23.4 Å². The molecule has 3 rings (SSSR count). The summed E-state index contributed by atoms with van der Waals surface area (Å²) in [7, 11) is 0. The van der Waals surface area contributed by atoms with Crippen molar-refractivity contribution >= 4 is 17.4 Å². The predicted molar refractivity (Wildman–Crippen MR) is 94.3 cm³/mol. The molecule has 6 nitrogen and oxygen atoms in total. The van der Waals surface area contributed by atoms with E-state index >= 15 is 0 Å². The van der Waals surface area contributed by atoms with E-state index in [0.29, 0.717) is 18.0 Å². The van der Waals surface area contributed by atoms with Crippen LogP contribution in [-0.2, 0) is 4.79 Å². The van der Waals surface area contributed by atoms with Crippen molar-refractivity contribution in [1.82, 2.24) is 10.1 Å². The van der Waals surface area contributed by atoms with Crippen molar-refractivity contribution in [3.05, 3.63) is 41.7 Å². The fourth-order valence-electron chi connectivity index (χ4n) is 3.02. The lowest BCUT2D eigenvalue weighted by molar-refractivity contribution is -0.116. The second kappa shape index (κ2) is 7.49. The van der Waals surface area contributed by atoms with Crippen molar-refractivity contribution in [1.29, 1.82) is 0 Å². The minimum absolute atomic E-state index is 0.0235. The summed E-state index contributed by atoms with van der Waals surface area (Å²) in [5.41, 5.74) is 2.63. The molecule has 0 aliphatic carbocycles. The largest absolute Gasteiger partial charge is 0.369 e. The minimum Gasteiger partial charge on any atom is -0.369 e. The van der Waals surface area contributed by atoms with Gasteiger partial charge in [-0.3, -0.25) is 9.69 Å². The van der Waals surface area contributed by atoms with Crippen molar-refractivity contribution < 1.29 is 9.32 Å². The van der Waals surface area contributed by atoms with Gasteiger partial charge in [0.2, 0.25) is 5.91 Å². The molecule has 2 aromatic rings. The van der Waals surface area contributed by atoms with Crippen molar-refractivity contribution in [3.8, 4) is 0 Å². The Balaban J connectivity index is 1.42. The molecule has 1 aliphatic rings. The highest BCUT2D eigenvalue weighted by Crippen LogP contribution is 2.20. The molecule has 1 N–H and O–H groups in total. The normalized spacial score (nSPS) is 15.5. The summed E-state index contributed by atoms with van der Waals surface area (Å²) in [4.78, 5) is 16.7. The number of amides is 1. The molecule has 0 saturated carbocycles. The number of aromatic nitrogens is 1. The van der Waals surface area contributed by atoms with Crippen LogP contribution in [0.3, 0.4) is 0 Å². The molecular weight excluding hydrogens is 304 g/mol. The smallest absolute Gasteiger partial charge is 0.226 e. The zero-order chi connectivity index (χ0) is 16.9. The molecule has 0 atom stereocenters. The van der Waals surface area contributed by atoms with Gasteiger partial charge in [0.05, 0.1) is 0 Å². The van der Waals surface area contributed by atoms with Crippen LogP contribution in [0.5, 0.6) is 0 Å². The number of nitrogens with zero attached hydrogens (tertiary/aromatic N) is 3. The molecule has 128 valence electrons. The number of aryl methyl sites for hydroxylation is 2. The lowest BCUT2D eigenvalue weighted by Gasteiger charge is -2.36. The van der Waals surface area contributed by atoms with Gasteiger partial charge >= 0.3 is 0 Å². The third kappa shape index (κ3) is 4.14. The lowest BCUT2D eigenvalue weighted by atomic mass is 10.1. The van der Waals surface area contributed by atoms with E-state index in [2.05, 4.69) is 51.5 Å². The highest BCUT2D eigenvalue weighted by molar-refractivity contribution is 5.89. The maximum Gasteiger partial charge on any atom is 0.226 e. The highest BCUT2D eigenvalue weighted by Gasteiger charge is 2.18. The first-order valence-corrected chi connectivity index (χ1v) is 8.38. The van der Waals surface area contributed by atoms with Crippen LogP contribution in [0.1, 0.15) is 17.7 Å². The van der Waals surface area contributed by atoms with Crippen LogP contribution in [0.15, 0.2) is 34.9 Å². The second-order valence-electron chi connectivity index (χ2n) is 6.24. The first-order chi connectivity index (χ1) is 11.6. The number of hydrogen-bond donors (Lipinski definition) is 1. The van der Waals surface area contributed by atoms with Crippen LogP contribution < -0.4 is 10.2 Å². The number of benzene rings is 1. The Kier molecular flexibility index (Phi) is 5.15. The van der Waals surface area contributed by atoms with Crippen LogP contribution in [0.25, 0.3) is 0 Å². The van der Waals surface area contributed by atoms with Crippen LogP contribution in [0.2, 0.25) is 0 Å². The number of carbonyl (C=O) groups is 1. The van der Waals surface area contributed by atoms with E-state index < -0.39 is 0 Å². The molecule has 1 amide bonds. The molecule has 1 aromatic heterocycles. The Bertz CT molecular complexity index is 690. The molecule has 0 unspecified atom stereocenters. The Morgan fingerprint density at radius 3 is 2.62 bits per heavy atom. The van der Waals surface area contributed by atoms with Gasteiger partial charge in [-0.05, 0) is 25.5 Å². The van der Waals surface area contributed by atoms with E-state index in [1.165, 1.54) is 11.3 Å². The second-order valence-corrected chi connectivity index (χ2v) is 6.24. The van der Waals surface area contributed by atoms with Crippen molar-refractivity contribution in [2.45, 2.75) is 20.3 Å². The maximum absolute atomic E-state index is 12.0. The third-order valence-electron chi connectivity index (χ3n) is 4.38. The van der Waals surface area contributed by atoms with E-state index in [0.717, 1.165) is 32.7 Å². The summed E-state index contributed by atoms with van der Waals surface area (Å²) >= 11 is 0. The van der Waals surface area contributed by atoms with Crippen molar-refractivity contribution in [3.63, 3.8) is 0 Å². The number of anilines is 2. The lowest BCUT2D eigenvalue weighted by Crippen LogP contribution is -2.47. The van der Waals surface area contributed by atoms with Gasteiger partial charge in [-0.15, -0.1) is 0 Å². The van der Waals surface area contributed by atoms with Gasteiger partial charge in [0.1, 0.15) is 5.76 Å². The van der Waals surface area contributed by atoms with Crippen LogP contribution in [-0.4, -0.2) is 48.7 Å². The average molecular weight is 328 g/mol. The predicted octanol–water partition coefficient (Wildman–Crippen LogP) is 2.44. The molecule has 0 radical (unpaired) electrons. The number of carbonyl (C=O) groups excluding carboxylic acids is 1. The van der Waals surface area contributed by atoms with Gasteiger partial charge in [0.25, 0.3) is 0 Å². The summed E-state index contributed by atoms with van der Waals surface area (Å²) < 4.78 is 4.94. The summed E-state index contributed by atoms with van der Waals surface area (Å²) in [6.45, 7) is 8.66. The van der Waals surface area contributed by atoms with Crippen LogP contribution in [0, 0.1) is 13.8 Å². The van der Waals surface area contributed by atoms with Gasteiger partial charge in [-0.25, -0.2) is 0 Å². The monoisotopic (exact) mass is 328 g/mol. The number of para-hydroxylation sites is 1. The standard InChI is InChI=1S/C18H24N4O2/c1-14-5-3-4-6-16(14)22-11-9-21(10-12-22)8-7-18(23)19-17-13-15(2)24-20-17/h3-6,13H,7-12H2,1-2H3,(H,19,20,23). The Morgan fingerprint density at radius 1 is 1.21 bits per heavy atom. The summed E-state index contributed by atoms with van der Waals surface area (Å²) in [6.07, 6.45) is 0.469. The number of rotatable bonds is 5. The zero-order valence-corrected chi connectivity index (χ0v) is 14.3. The van der Waals surface area contributed by atoms with E-state index in [9.17, 15) is 4.79 Å². The summed E-state index contributed by atoms with van der Waals surface area (Å²) in [5.74, 6) is 1.16. The van der Waals surface area contributed by atoms with Crippen molar-refractivity contribution in [2.75, 3.05) is 42.9 Å². The molecule has 1 fully saturated rings. The minimum atomic E-state index is -0.0235. The number of nitrogens with one attached hydrogen (secondary N) is 1. The molecule has 2 heterocycles. The van der Waals surface area contributed by atoms with E-state index in [-0.39, 0.29) is 5.91 Å². The fraction of sp³-hybridized carbons (Fsp3) is 0.444. The van der Waals surface area contributed by atoms with Crippen LogP contribution in [0.4, 0.5) is 11.5 Å². The SMILES string of the molecule is Cc1cc(NC(=O)CCN2CCN(c3ccccc3C)CC2)no1. The molecular formula is C18H24N4O2. The van der Waals surface area contributed by atoms with E-state index in [1.54, 1.807) is 13.0 Å². The highest BCUT2D eigenvalue weighted by atomic mass is 16.5. The van der Waals surface area contributed by atoms with Gasteiger partial charge in [0.15, 0.2) is 5.82 Å². The van der Waals surface area contributed by atoms with Gasteiger partial charge in [0, 0.05) is 50.9 Å². The fourth-order valence-corrected chi connectivity index (χ4v) is 3.02. The van der Waals surface area contributed by atoms with Crippen LogP contribution >= 0.6 is 0 Å². The van der Waals surface area contributed by atoms with Crippen molar-refractivity contribution in [2.24, 2.45) is 0 Å². The first-order valence-electron chi connectivity index (χ1n) is 8.38. The third-order valence-corrected chi connectivity index (χ3v) is 4.38. The zero-order valence-electron chi connectivity index (χ0n) is 14.3. The molecule has 24 heavy (non-hydrogen) atoms. The Morgan fingerprint density at radius 2 is 1.96 bits per heavy atom. The summed E-state index contributed by atoms with van der Waals surface area (Å²) in [6, 6.07) is 10.2. The Labute approximate surface area is 142 Å². The van der Waals surface area contributed by atoms with Gasteiger partial charge < -0.3 is 14.7 Å². The topological polar surface area (TPSA) is 61.6 Å². The maximum atomic E-state index is 12.0. The molecule has 0 spiro atoms. The first kappa shape index (κ1) is 16.5. The number of hydrogen-bond acceptors (Lipinski definition) is 5. The quantitative estimate of drug-likeness (QED) is 0.913. The van der Waals surface area contributed by atoms with E-state index in [1.807, 2.05) is 0 Å². The molecule has 0 bridgehead atoms. The number of piperazine rings is 1. The molecule has 1 aliphatic heterocycles. The summed E-state index contributed by atoms with van der Waals surface area (Å²) in [5, 5.41) is 6.54. The Hall–Kier alpha value is -2.34. The molecule has 6 heteroatoms. The molecule has 1 saturated heterocycles. The van der Waals surface area contributed by atoms with Gasteiger partial charge in [-0.2, -0.15) is 0 Å².